The summed E-state index contributed by atoms with van der Waals surface area (Å²) < 4.78 is 18.7. The van der Waals surface area contributed by atoms with E-state index in [1.54, 1.807) is 12.1 Å². The molecule has 1 nitrogen and oxygen atoms in total. The van der Waals surface area contributed by atoms with Gasteiger partial charge in [0.1, 0.15) is 17.2 Å². The van der Waals surface area contributed by atoms with Crippen molar-refractivity contribution in [2.75, 3.05) is 0 Å². The lowest BCUT2D eigenvalue weighted by Gasteiger charge is -1.98. The minimum atomic E-state index is -0.234. The molecule has 0 radical (unpaired) electrons. The Morgan fingerprint density at radius 3 is 2.35 bits per heavy atom. The SMILES string of the molecule is Cc1c(-c2ccc(F)cc2)oc2ccccc12. The van der Waals surface area contributed by atoms with E-state index in [1.165, 1.54) is 12.1 Å². The molecule has 1 aromatic heterocycles. The Bertz CT molecular complexity index is 665. The summed E-state index contributed by atoms with van der Waals surface area (Å²) in [6.07, 6.45) is 0. The van der Waals surface area contributed by atoms with Crippen LogP contribution in [0.1, 0.15) is 5.56 Å². The molecule has 0 unspecified atom stereocenters. The van der Waals surface area contributed by atoms with E-state index in [9.17, 15) is 4.39 Å². The van der Waals surface area contributed by atoms with Crippen molar-refractivity contribution in [3.05, 3.63) is 59.9 Å². The monoisotopic (exact) mass is 226 g/mol. The third kappa shape index (κ3) is 1.62. The van der Waals surface area contributed by atoms with Crippen molar-refractivity contribution in [3.63, 3.8) is 0 Å². The van der Waals surface area contributed by atoms with Gasteiger partial charge in [-0.05, 0) is 37.3 Å². The van der Waals surface area contributed by atoms with E-state index in [-0.39, 0.29) is 5.82 Å². The first-order valence-corrected chi connectivity index (χ1v) is 5.50. The molecule has 1 heterocycles. The molecule has 0 spiro atoms. The van der Waals surface area contributed by atoms with E-state index in [4.69, 9.17) is 4.42 Å². The van der Waals surface area contributed by atoms with Crippen LogP contribution < -0.4 is 0 Å². The molecule has 0 saturated heterocycles. The molecule has 0 saturated carbocycles. The highest BCUT2D eigenvalue weighted by molar-refractivity contribution is 5.87. The van der Waals surface area contributed by atoms with Crippen LogP contribution >= 0.6 is 0 Å². The molecule has 2 aromatic carbocycles. The third-order valence-electron chi connectivity index (χ3n) is 2.95. The normalized spacial score (nSPS) is 10.9. The molecule has 0 N–H and O–H groups in total. The number of halogens is 1. The van der Waals surface area contributed by atoms with Crippen molar-refractivity contribution in [2.24, 2.45) is 0 Å². The number of rotatable bonds is 1. The summed E-state index contributed by atoms with van der Waals surface area (Å²) in [5.41, 5.74) is 2.86. The highest BCUT2D eigenvalue weighted by Crippen LogP contribution is 2.32. The average Bonchev–Trinajstić information content (AvgIpc) is 2.69. The molecule has 0 aliphatic carbocycles. The molecule has 0 aliphatic heterocycles. The second-order valence-corrected chi connectivity index (χ2v) is 4.06. The molecular formula is C15H11FO. The van der Waals surface area contributed by atoms with Crippen LogP contribution in [0.4, 0.5) is 4.39 Å². The first-order valence-electron chi connectivity index (χ1n) is 5.50. The fraction of sp³-hybridized carbons (Fsp3) is 0.0667. The Morgan fingerprint density at radius 1 is 0.941 bits per heavy atom. The van der Waals surface area contributed by atoms with E-state index in [0.29, 0.717) is 0 Å². The van der Waals surface area contributed by atoms with Gasteiger partial charge >= 0.3 is 0 Å². The summed E-state index contributed by atoms with van der Waals surface area (Å²) >= 11 is 0. The van der Waals surface area contributed by atoms with E-state index in [1.807, 2.05) is 31.2 Å². The van der Waals surface area contributed by atoms with Crippen LogP contribution in [0.15, 0.2) is 52.9 Å². The van der Waals surface area contributed by atoms with E-state index in [0.717, 1.165) is 27.9 Å². The standard InChI is InChI=1S/C15H11FO/c1-10-13-4-2-3-5-14(13)17-15(10)11-6-8-12(16)9-7-11/h2-9H,1H3. The highest BCUT2D eigenvalue weighted by atomic mass is 19.1. The van der Waals surface area contributed by atoms with Crippen LogP contribution in [0.2, 0.25) is 0 Å². The second-order valence-electron chi connectivity index (χ2n) is 4.06. The Morgan fingerprint density at radius 2 is 1.65 bits per heavy atom. The lowest BCUT2D eigenvalue weighted by Crippen LogP contribution is -1.78. The molecule has 17 heavy (non-hydrogen) atoms. The first-order chi connectivity index (χ1) is 8.25. The summed E-state index contributed by atoms with van der Waals surface area (Å²) in [5, 5.41) is 1.10. The smallest absolute Gasteiger partial charge is 0.138 e. The molecular weight excluding hydrogens is 215 g/mol. The molecule has 2 heteroatoms. The number of furan rings is 1. The van der Waals surface area contributed by atoms with E-state index >= 15 is 0 Å². The van der Waals surface area contributed by atoms with Crippen molar-refractivity contribution in [1.82, 2.24) is 0 Å². The zero-order chi connectivity index (χ0) is 11.8. The zero-order valence-corrected chi connectivity index (χ0v) is 9.41. The topological polar surface area (TPSA) is 13.1 Å². The van der Waals surface area contributed by atoms with Gasteiger partial charge in [0, 0.05) is 16.5 Å². The summed E-state index contributed by atoms with van der Waals surface area (Å²) in [5.74, 6) is 0.578. The maximum absolute atomic E-state index is 12.9. The van der Waals surface area contributed by atoms with Gasteiger partial charge in [0.2, 0.25) is 0 Å². The fourth-order valence-corrected chi connectivity index (χ4v) is 2.05. The maximum atomic E-state index is 12.9. The average molecular weight is 226 g/mol. The van der Waals surface area contributed by atoms with Crippen LogP contribution in [0.3, 0.4) is 0 Å². The van der Waals surface area contributed by atoms with Gasteiger partial charge in [-0.25, -0.2) is 4.39 Å². The Balaban J connectivity index is 2.24. The molecule has 84 valence electrons. The largest absolute Gasteiger partial charge is 0.456 e. The predicted molar refractivity (Wildman–Crippen MR) is 66.3 cm³/mol. The zero-order valence-electron chi connectivity index (χ0n) is 9.41. The van der Waals surface area contributed by atoms with Crippen molar-refractivity contribution in [2.45, 2.75) is 6.92 Å². The summed E-state index contributed by atoms with van der Waals surface area (Å²) in [6.45, 7) is 2.02. The summed E-state index contributed by atoms with van der Waals surface area (Å²) in [6, 6.07) is 14.3. The molecule has 0 amide bonds. The van der Waals surface area contributed by atoms with Crippen molar-refractivity contribution in [1.29, 1.82) is 0 Å². The van der Waals surface area contributed by atoms with Gasteiger partial charge in [0.25, 0.3) is 0 Å². The maximum Gasteiger partial charge on any atom is 0.138 e. The summed E-state index contributed by atoms with van der Waals surface area (Å²) in [7, 11) is 0. The molecule has 0 fully saturated rings. The predicted octanol–water partition coefficient (Wildman–Crippen LogP) is 4.55. The van der Waals surface area contributed by atoms with Gasteiger partial charge in [-0.3, -0.25) is 0 Å². The van der Waals surface area contributed by atoms with Crippen LogP contribution in [-0.4, -0.2) is 0 Å². The lowest BCUT2D eigenvalue weighted by molar-refractivity contribution is 0.622. The van der Waals surface area contributed by atoms with Crippen LogP contribution in [0.25, 0.3) is 22.3 Å². The van der Waals surface area contributed by atoms with Gasteiger partial charge in [0.15, 0.2) is 0 Å². The lowest BCUT2D eigenvalue weighted by atomic mass is 10.1. The molecule has 0 atom stereocenters. The third-order valence-corrected chi connectivity index (χ3v) is 2.95. The fourth-order valence-electron chi connectivity index (χ4n) is 2.05. The number of benzene rings is 2. The van der Waals surface area contributed by atoms with E-state index < -0.39 is 0 Å². The van der Waals surface area contributed by atoms with Crippen LogP contribution in [0, 0.1) is 12.7 Å². The Labute approximate surface area is 98.5 Å². The molecule has 3 aromatic rings. The first kappa shape index (κ1) is 10.1. The summed E-state index contributed by atoms with van der Waals surface area (Å²) in [4.78, 5) is 0. The van der Waals surface area contributed by atoms with Crippen LogP contribution in [0.5, 0.6) is 0 Å². The van der Waals surface area contributed by atoms with Gasteiger partial charge in [-0.1, -0.05) is 18.2 Å². The quantitative estimate of drug-likeness (QED) is 0.593. The number of fused-ring (bicyclic) bond motifs is 1. The minimum absolute atomic E-state index is 0.234. The van der Waals surface area contributed by atoms with Gasteiger partial charge in [-0.2, -0.15) is 0 Å². The van der Waals surface area contributed by atoms with Crippen molar-refractivity contribution in [3.8, 4) is 11.3 Å². The van der Waals surface area contributed by atoms with E-state index in [2.05, 4.69) is 0 Å². The highest BCUT2D eigenvalue weighted by Gasteiger charge is 2.11. The number of hydrogen-bond acceptors (Lipinski definition) is 1. The Hall–Kier alpha value is -2.09. The minimum Gasteiger partial charge on any atom is -0.456 e. The van der Waals surface area contributed by atoms with Gasteiger partial charge < -0.3 is 4.42 Å². The van der Waals surface area contributed by atoms with Gasteiger partial charge in [0.05, 0.1) is 0 Å². The number of aryl methyl sites for hydroxylation is 1. The molecule has 0 bridgehead atoms. The number of hydrogen-bond donors (Lipinski definition) is 0. The van der Waals surface area contributed by atoms with Crippen molar-refractivity contribution >= 4 is 11.0 Å². The second kappa shape index (κ2) is 3.74. The molecule has 3 rings (SSSR count). The van der Waals surface area contributed by atoms with Crippen molar-refractivity contribution < 1.29 is 8.81 Å². The molecule has 0 aliphatic rings. The van der Waals surface area contributed by atoms with Crippen LogP contribution in [-0.2, 0) is 0 Å². The van der Waals surface area contributed by atoms with Gasteiger partial charge in [-0.15, -0.1) is 0 Å². The number of para-hydroxylation sites is 1. The Kier molecular flexibility index (Phi) is 2.22.